The minimum absolute atomic E-state index is 0.0950. The topological polar surface area (TPSA) is 66.8 Å². The lowest BCUT2D eigenvalue weighted by atomic mass is 9.95. The van der Waals surface area contributed by atoms with Gasteiger partial charge < -0.3 is 14.9 Å². The number of carboxylic acids is 1. The molecule has 0 saturated heterocycles. The van der Waals surface area contributed by atoms with Crippen molar-refractivity contribution in [1.29, 1.82) is 0 Å². The average Bonchev–Trinajstić information content (AvgIpc) is 3.01. The van der Waals surface area contributed by atoms with Crippen molar-refractivity contribution in [3.63, 3.8) is 0 Å². The molecule has 2 rings (SSSR count). The number of carbonyl (C=O) groups is 1. The van der Waals surface area contributed by atoms with Gasteiger partial charge in [0.25, 0.3) is 0 Å². The third-order valence-electron chi connectivity index (χ3n) is 2.95. The molecule has 0 spiro atoms. The van der Waals surface area contributed by atoms with Crippen LogP contribution in [0.15, 0.2) is 12.1 Å². The lowest BCUT2D eigenvalue weighted by Gasteiger charge is -2.13. The van der Waals surface area contributed by atoms with Gasteiger partial charge in [0.15, 0.2) is 11.6 Å². The zero-order chi connectivity index (χ0) is 11.9. The maximum atomic E-state index is 13.4. The second kappa shape index (κ2) is 3.37. The van der Waals surface area contributed by atoms with Crippen LogP contribution in [0.1, 0.15) is 18.4 Å². The highest BCUT2D eigenvalue weighted by Crippen LogP contribution is 2.52. The van der Waals surface area contributed by atoms with Crippen LogP contribution >= 0.6 is 0 Å². The van der Waals surface area contributed by atoms with Crippen LogP contribution in [0.25, 0.3) is 0 Å². The monoisotopic (exact) mass is 226 g/mol. The number of halogens is 1. The quantitative estimate of drug-likeness (QED) is 0.822. The number of ether oxygens (including phenoxy) is 1. The van der Waals surface area contributed by atoms with Gasteiger partial charge in [-0.25, -0.2) is 4.39 Å². The van der Waals surface area contributed by atoms with Crippen LogP contribution < -0.4 is 4.74 Å². The number of phenolic OH excluding ortho intramolecular Hbond substituents is 1. The van der Waals surface area contributed by atoms with Crippen molar-refractivity contribution in [2.45, 2.75) is 18.3 Å². The van der Waals surface area contributed by atoms with Gasteiger partial charge in [-0.1, -0.05) is 0 Å². The van der Waals surface area contributed by atoms with Gasteiger partial charge in [-0.05, 0) is 18.9 Å². The lowest BCUT2D eigenvalue weighted by Crippen LogP contribution is -2.19. The van der Waals surface area contributed by atoms with Gasteiger partial charge in [-0.3, -0.25) is 4.79 Å². The number of methoxy groups -OCH3 is 1. The van der Waals surface area contributed by atoms with Crippen LogP contribution in [-0.4, -0.2) is 23.3 Å². The first-order chi connectivity index (χ1) is 7.51. The van der Waals surface area contributed by atoms with Crippen molar-refractivity contribution in [3.05, 3.63) is 23.5 Å². The van der Waals surface area contributed by atoms with E-state index in [1.54, 1.807) is 0 Å². The average molecular weight is 226 g/mol. The fourth-order valence-corrected chi connectivity index (χ4v) is 1.81. The van der Waals surface area contributed by atoms with E-state index in [1.165, 1.54) is 7.11 Å². The number of benzene rings is 1. The highest BCUT2D eigenvalue weighted by Gasteiger charge is 2.53. The molecule has 0 radical (unpaired) electrons. The SMILES string of the molecule is COc1cc(O)c(C2(C(=O)O)CC2)cc1F. The Morgan fingerprint density at radius 3 is 2.56 bits per heavy atom. The van der Waals surface area contributed by atoms with E-state index in [0.29, 0.717) is 12.8 Å². The Morgan fingerprint density at radius 1 is 1.50 bits per heavy atom. The number of aliphatic carboxylic acids is 1. The molecular formula is C11H11FO4. The molecule has 86 valence electrons. The number of rotatable bonds is 3. The van der Waals surface area contributed by atoms with Crippen LogP contribution in [0.3, 0.4) is 0 Å². The van der Waals surface area contributed by atoms with E-state index in [9.17, 15) is 14.3 Å². The number of phenols is 1. The first-order valence-electron chi connectivity index (χ1n) is 4.81. The molecule has 0 amide bonds. The van der Waals surface area contributed by atoms with Gasteiger partial charge in [0.2, 0.25) is 0 Å². The van der Waals surface area contributed by atoms with E-state index < -0.39 is 17.2 Å². The van der Waals surface area contributed by atoms with Crippen LogP contribution in [0.5, 0.6) is 11.5 Å². The second-order valence-corrected chi connectivity index (χ2v) is 3.89. The van der Waals surface area contributed by atoms with Gasteiger partial charge in [0.1, 0.15) is 5.75 Å². The van der Waals surface area contributed by atoms with Crippen LogP contribution in [0.2, 0.25) is 0 Å². The van der Waals surface area contributed by atoms with Crippen molar-refractivity contribution >= 4 is 5.97 Å². The molecule has 0 aromatic heterocycles. The van der Waals surface area contributed by atoms with Crippen molar-refractivity contribution < 1.29 is 24.1 Å². The molecule has 0 unspecified atom stereocenters. The normalized spacial score (nSPS) is 16.9. The van der Waals surface area contributed by atoms with Crippen molar-refractivity contribution in [2.24, 2.45) is 0 Å². The summed E-state index contributed by atoms with van der Waals surface area (Å²) in [5.74, 6) is -2.03. The third-order valence-corrected chi connectivity index (χ3v) is 2.95. The summed E-state index contributed by atoms with van der Waals surface area (Å²) in [6.07, 6.45) is 0.837. The Kier molecular flexibility index (Phi) is 2.26. The van der Waals surface area contributed by atoms with Crippen LogP contribution in [-0.2, 0) is 10.2 Å². The summed E-state index contributed by atoms with van der Waals surface area (Å²) in [4.78, 5) is 11.0. The van der Waals surface area contributed by atoms with Crippen LogP contribution in [0, 0.1) is 5.82 Å². The predicted molar refractivity (Wildman–Crippen MR) is 53.2 cm³/mol. The molecule has 4 nitrogen and oxygen atoms in total. The zero-order valence-corrected chi connectivity index (χ0v) is 8.66. The van der Waals surface area contributed by atoms with Crippen molar-refractivity contribution in [3.8, 4) is 11.5 Å². The van der Waals surface area contributed by atoms with E-state index in [0.717, 1.165) is 12.1 Å². The summed E-state index contributed by atoms with van der Waals surface area (Å²) < 4.78 is 18.1. The second-order valence-electron chi connectivity index (χ2n) is 3.89. The molecule has 1 aromatic rings. The summed E-state index contributed by atoms with van der Waals surface area (Å²) in [5, 5.41) is 18.7. The molecule has 1 aliphatic carbocycles. The zero-order valence-electron chi connectivity index (χ0n) is 8.66. The Hall–Kier alpha value is -1.78. The Bertz CT molecular complexity index is 452. The first kappa shape index (κ1) is 10.7. The number of hydrogen-bond acceptors (Lipinski definition) is 3. The highest BCUT2D eigenvalue weighted by molar-refractivity contribution is 5.86. The number of aromatic hydroxyl groups is 1. The largest absolute Gasteiger partial charge is 0.507 e. The van der Waals surface area contributed by atoms with E-state index in [4.69, 9.17) is 9.84 Å². The van der Waals surface area contributed by atoms with E-state index in [-0.39, 0.29) is 17.1 Å². The van der Waals surface area contributed by atoms with Crippen molar-refractivity contribution in [2.75, 3.05) is 7.11 Å². The molecular weight excluding hydrogens is 215 g/mol. The minimum atomic E-state index is -1.11. The Balaban J connectivity index is 2.51. The fraction of sp³-hybridized carbons (Fsp3) is 0.364. The minimum Gasteiger partial charge on any atom is -0.507 e. The molecule has 0 heterocycles. The fourth-order valence-electron chi connectivity index (χ4n) is 1.81. The van der Waals surface area contributed by atoms with Gasteiger partial charge >= 0.3 is 5.97 Å². The molecule has 5 heteroatoms. The molecule has 16 heavy (non-hydrogen) atoms. The Labute approximate surface area is 91.3 Å². The number of carboxylic acid groups (broad SMARTS) is 1. The molecule has 1 fully saturated rings. The van der Waals surface area contributed by atoms with Gasteiger partial charge in [0, 0.05) is 11.6 Å². The van der Waals surface area contributed by atoms with E-state index in [2.05, 4.69) is 0 Å². The standard InChI is InChI=1S/C11H11FO4/c1-16-9-5-8(13)6(4-7(9)12)11(2-3-11)10(14)15/h4-5,13H,2-3H2,1H3,(H,14,15). The lowest BCUT2D eigenvalue weighted by molar-refractivity contribution is -0.140. The maximum Gasteiger partial charge on any atom is 0.314 e. The third kappa shape index (κ3) is 1.39. The summed E-state index contributed by atoms with van der Waals surface area (Å²) in [5.41, 5.74) is -0.990. The van der Waals surface area contributed by atoms with Gasteiger partial charge in [-0.15, -0.1) is 0 Å². The molecule has 1 aliphatic rings. The van der Waals surface area contributed by atoms with Gasteiger partial charge in [0.05, 0.1) is 12.5 Å². The predicted octanol–water partition coefficient (Wildman–Crippen LogP) is 1.66. The number of hydrogen-bond donors (Lipinski definition) is 2. The summed E-state index contributed by atoms with van der Waals surface area (Å²) in [6, 6.07) is 2.14. The van der Waals surface area contributed by atoms with Crippen molar-refractivity contribution in [1.82, 2.24) is 0 Å². The summed E-state index contributed by atoms with van der Waals surface area (Å²) in [7, 11) is 1.28. The smallest absolute Gasteiger partial charge is 0.314 e. The maximum absolute atomic E-state index is 13.4. The van der Waals surface area contributed by atoms with Crippen LogP contribution in [0.4, 0.5) is 4.39 Å². The molecule has 0 atom stereocenters. The van der Waals surface area contributed by atoms with Gasteiger partial charge in [-0.2, -0.15) is 0 Å². The first-order valence-corrected chi connectivity index (χ1v) is 4.81. The summed E-state index contributed by atoms with van der Waals surface area (Å²) >= 11 is 0. The van der Waals surface area contributed by atoms with E-state index in [1.807, 2.05) is 0 Å². The molecule has 0 aliphatic heterocycles. The molecule has 1 saturated carbocycles. The molecule has 2 N–H and O–H groups in total. The Morgan fingerprint density at radius 2 is 2.12 bits per heavy atom. The summed E-state index contributed by atoms with van der Waals surface area (Å²) in [6.45, 7) is 0. The molecule has 1 aromatic carbocycles. The molecule has 0 bridgehead atoms. The van der Waals surface area contributed by atoms with E-state index >= 15 is 0 Å². The highest BCUT2D eigenvalue weighted by atomic mass is 19.1.